The second-order valence-electron chi connectivity index (χ2n) is 8.62. The average molecular weight is 450 g/mol. The van der Waals surface area contributed by atoms with E-state index in [2.05, 4.69) is 5.32 Å². The molecule has 2 saturated carbocycles. The standard InChI is InChI=1S/C25H23NO5S/c1-31-25(30)21-18(15-7-6-13-4-2-3-5-14(13)10-15)12-32-23(21)26-22(27)19-16-8-9-17(11-16)20(19)24(28)29/h2-7,10,12,16-17,19-20H,8-9,11H2,1H3,(H,26,27)(H,28,29). The number of carbonyl (C=O) groups excluding carboxylic acids is 2. The van der Waals surface area contributed by atoms with Gasteiger partial charge in [-0.3, -0.25) is 9.59 Å². The number of amides is 1. The summed E-state index contributed by atoms with van der Waals surface area (Å²) in [5.74, 6) is -2.84. The van der Waals surface area contributed by atoms with Gasteiger partial charge in [-0.2, -0.15) is 0 Å². The topological polar surface area (TPSA) is 92.7 Å². The Morgan fingerprint density at radius 2 is 1.75 bits per heavy atom. The third-order valence-electron chi connectivity index (χ3n) is 6.98. The van der Waals surface area contributed by atoms with Crippen LogP contribution in [0.4, 0.5) is 5.00 Å². The van der Waals surface area contributed by atoms with E-state index < -0.39 is 23.8 Å². The van der Waals surface area contributed by atoms with Crippen molar-refractivity contribution in [2.45, 2.75) is 19.3 Å². The van der Waals surface area contributed by atoms with Gasteiger partial charge in [0, 0.05) is 10.9 Å². The fourth-order valence-electron chi connectivity index (χ4n) is 5.54. The minimum Gasteiger partial charge on any atom is -0.481 e. The molecule has 7 heteroatoms. The summed E-state index contributed by atoms with van der Waals surface area (Å²) in [5, 5.41) is 16.9. The summed E-state index contributed by atoms with van der Waals surface area (Å²) in [6.07, 6.45) is 2.53. The normalized spacial score (nSPS) is 23.9. The maximum Gasteiger partial charge on any atom is 0.341 e. The second kappa shape index (κ2) is 8.06. The van der Waals surface area contributed by atoms with Crippen molar-refractivity contribution in [3.63, 3.8) is 0 Å². The second-order valence-corrected chi connectivity index (χ2v) is 9.50. The van der Waals surface area contributed by atoms with Gasteiger partial charge in [-0.05, 0) is 53.5 Å². The van der Waals surface area contributed by atoms with Gasteiger partial charge in [0.25, 0.3) is 0 Å². The molecule has 32 heavy (non-hydrogen) atoms. The summed E-state index contributed by atoms with van der Waals surface area (Å²) in [6.45, 7) is 0. The minimum absolute atomic E-state index is 0.0600. The van der Waals surface area contributed by atoms with Crippen LogP contribution < -0.4 is 5.32 Å². The number of fused-ring (bicyclic) bond motifs is 3. The predicted molar refractivity (Wildman–Crippen MR) is 123 cm³/mol. The van der Waals surface area contributed by atoms with Crippen LogP contribution in [-0.4, -0.2) is 30.1 Å². The van der Waals surface area contributed by atoms with Crippen LogP contribution in [-0.2, 0) is 14.3 Å². The van der Waals surface area contributed by atoms with E-state index in [1.54, 1.807) is 0 Å². The van der Waals surface area contributed by atoms with Crippen LogP contribution in [0.2, 0.25) is 0 Å². The van der Waals surface area contributed by atoms with Gasteiger partial charge in [-0.15, -0.1) is 11.3 Å². The molecule has 0 aliphatic heterocycles. The molecule has 2 aromatic carbocycles. The summed E-state index contributed by atoms with van der Waals surface area (Å²) >= 11 is 1.26. The molecular weight excluding hydrogens is 426 g/mol. The highest BCUT2D eigenvalue weighted by atomic mass is 32.1. The van der Waals surface area contributed by atoms with Crippen LogP contribution in [0.1, 0.15) is 29.6 Å². The molecule has 5 rings (SSSR count). The zero-order chi connectivity index (χ0) is 22.4. The van der Waals surface area contributed by atoms with E-state index in [9.17, 15) is 19.5 Å². The molecule has 2 bridgehead atoms. The van der Waals surface area contributed by atoms with E-state index in [1.165, 1.54) is 18.4 Å². The highest BCUT2D eigenvalue weighted by molar-refractivity contribution is 7.15. The summed E-state index contributed by atoms with van der Waals surface area (Å²) < 4.78 is 5.02. The number of aliphatic carboxylic acids is 1. The lowest BCUT2D eigenvalue weighted by molar-refractivity contribution is -0.148. The van der Waals surface area contributed by atoms with Crippen LogP contribution in [0.5, 0.6) is 0 Å². The molecule has 1 aromatic heterocycles. The largest absolute Gasteiger partial charge is 0.481 e. The molecule has 0 saturated heterocycles. The Morgan fingerprint density at radius 1 is 1.03 bits per heavy atom. The van der Waals surface area contributed by atoms with Crippen molar-refractivity contribution in [2.24, 2.45) is 23.7 Å². The summed E-state index contributed by atoms with van der Waals surface area (Å²) in [5.41, 5.74) is 1.84. The van der Waals surface area contributed by atoms with E-state index in [-0.39, 0.29) is 17.7 Å². The first kappa shape index (κ1) is 20.7. The van der Waals surface area contributed by atoms with Gasteiger partial charge in [0.15, 0.2) is 0 Å². The van der Waals surface area contributed by atoms with Crippen LogP contribution in [0.25, 0.3) is 21.9 Å². The van der Waals surface area contributed by atoms with Gasteiger partial charge in [-0.25, -0.2) is 4.79 Å². The predicted octanol–water partition coefficient (Wildman–Crippen LogP) is 5.04. The molecule has 3 aromatic rings. The minimum atomic E-state index is -0.909. The molecule has 1 amide bonds. The number of anilines is 1. The van der Waals surface area contributed by atoms with Crippen molar-refractivity contribution < 1.29 is 24.2 Å². The molecule has 1 heterocycles. The molecule has 2 N–H and O–H groups in total. The Hall–Kier alpha value is -3.19. The van der Waals surface area contributed by atoms with E-state index >= 15 is 0 Å². The first-order valence-corrected chi connectivity index (χ1v) is 11.6. The number of carboxylic acid groups (broad SMARTS) is 1. The number of benzene rings is 2. The Kier molecular flexibility index (Phi) is 5.21. The molecule has 6 nitrogen and oxygen atoms in total. The molecule has 0 spiro atoms. The first-order valence-electron chi connectivity index (χ1n) is 10.7. The fraction of sp³-hybridized carbons (Fsp3) is 0.320. The number of carboxylic acids is 1. The van der Waals surface area contributed by atoms with Crippen molar-refractivity contribution >= 4 is 45.0 Å². The van der Waals surface area contributed by atoms with Gasteiger partial charge < -0.3 is 15.2 Å². The lowest BCUT2D eigenvalue weighted by Gasteiger charge is -2.26. The number of rotatable bonds is 5. The van der Waals surface area contributed by atoms with Crippen molar-refractivity contribution in [3.05, 3.63) is 53.4 Å². The van der Waals surface area contributed by atoms with Crippen molar-refractivity contribution in [3.8, 4) is 11.1 Å². The zero-order valence-corrected chi connectivity index (χ0v) is 18.4. The summed E-state index contributed by atoms with van der Waals surface area (Å²) in [6, 6.07) is 13.9. The monoisotopic (exact) mass is 449 g/mol. The molecule has 2 aliphatic carbocycles. The van der Waals surface area contributed by atoms with Crippen molar-refractivity contribution in [1.29, 1.82) is 0 Å². The molecule has 2 aliphatic rings. The average Bonchev–Trinajstić information content (AvgIpc) is 3.52. The number of ether oxygens (including phenoxy) is 1. The highest BCUT2D eigenvalue weighted by Crippen LogP contribution is 2.53. The molecule has 0 radical (unpaired) electrons. The maximum atomic E-state index is 13.2. The van der Waals surface area contributed by atoms with Crippen LogP contribution in [0.15, 0.2) is 47.8 Å². The van der Waals surface area contributed by atoms with Crippen molar-refractivity contribution in [1.82, 2.24) is 0 Å². The fourth-order valence-corrected chi connectivity index (χ4v) is 6.50. The maximum absolute atomic E-state index is 13.2. The quantitative estimate of drug-likeness (QED) is 0.533. The van der Waals surface area contributed by atoms with E-state index in [4.69, 9.17) is 4.74 Å². The first-order chi connectivity index (χ1) is 15.5. The van der Waals surface area contributed by atoms with E-state index in [0.717, 1.165) is 35.6 Å². The third-order valence-corrected chi connectivity index (χ3v) is 7.88. The molecule has 2 fully saturated rings. The lowest BCUT2D eigenvalue weighted by atomic mass is 9.78. The molecular formula is C25H23NO5S. The number of methoxy groups -OCH3 is 1. The number of carbonyl (C=O) groups is 3. The van der Waals surface area contributed by atoms with Gasteiger partial charge in [0.05, 0.1) is 18.9 Å². The number of hydrogen-bond donors (Lipinski definition) is 2. The van der Waals surface area contributed by atoms with E-state index in [1.807, 2.05) is 47.8 Å². The number of hydrogen-bond acceptors (Lipinski definition) is 5. The van der Waals surface area contributed by atoms with Crippen LogP contribution in [0, 0.1) is 23.7 Å². The zero-order valence-electron chi connectivity index (χ0n) is 17.5. The molecule has 4 atom stereocenters. The smallest absolute Gasteiger partial charge is 0.341 e. The van der Waals surface area contributed by atoms with Gasteiger partial charge >= 0.3 is 11.9 Å². The van der Waals surface area contributed by atoms with Gasteiger partial charge in [0.2, 0.25) is 5.91 Å². The Balaban J connectivity index is 1.49. The van der Waals surface area contributed by atoms with Crippen LogP contribution >= 0.6 is 11.3 Å². The number of nitrogens with one attached hydrogen (secondary N) is 1. The molecule has 164 valence electrons. The Bertz CT molecular complexity index is 1230. The number of esters is 1. The lowest BCUT2D eigenvalue weighted by Crippen LogP contribution is -2.37. The van der Waals surface area contributed by atoms with E-state index in [0.29, 0.717) is 16.1 Å². The molecule has 4 unspecified atom stereocenters. The van der Waals surface area contributed by atoms with Gasteiger partial charge in [-0.1, -0.05) is 36.4 Å². The Morgan fingerprint density at radius 3 is 2.47 bits per heavy atom. The SMILES string of the molecule is COC(=O)c1c(-c2ccc3ccccc3c2)csc1NC(=O)C1C2CCC(C2)C1C(=O)O. The van der Waals surface area contributed by atoms with Gasteiger partial charge in [0.1, 0.15) is 10.6 Å². The van der Waals surface area contributed by atoms with Crippen molar-refractivity contribution in [2.75, 3.05) is 12.4 Å². The van der Waals surface area contributed by atoms with Crippen LogP contribution in [0.3, 0.4) is 0 Å². The third kappa shape index (κ3) is 3.37. The summed E-state index contributed by atoms with van der Waals surface area (Å²) in [7, 11) is 1.31. The Labute approximate surface area is 189 Å². The highest BCUT2D eigenvalue weighted by Gasteiger charge is 2.54. The number of thiophene rings is 1. The summed E-state index contributed by atoms with van der Waals surface area (Å²) in [4.78, 5) is 37.7.